The fourth-order valence-corrected chi connectivity index (χ4v) is 1.09. The van der Waals surface area contributed by atoms with Gasteiger partial charge in [-0.15, -0.1) is 0 Å². The average Bonchev–Trinajstić information content (AvgIpc) is 2.18. The lowest BCUT2D eigenvalue weighted by Gasteiger charge is -2.13. The Morgan fingerprint density at radius 2 is 2.43 bits per heavy atom. The summed E-state index contributed by atoms with van der Waals surface area (Å²) >= 11 is 0. The zero-order valence-corrected chi connectivity index (χ0v) is 8.28. The molecule has 74 valence electrons. The molecule has 0 aliphatic carbocycles. The Bertz CT molecular complexity index is 357. The predicted molar refractivity (Wildman–Crippen MR) is 53.9 cm³/mol. The minimum Gasteiger partial charge on any atom is -0.394 e. The normalized spacial score (nSPS) is 11.9. The van der Waals surface area contributed by atoms with Gasteiger partial charge in [-0.2, -0.15) is 5.26 Å². The fraction of sp³-hybridized carbons (Fsp3) is 0.400. The van der Waals surface area contributed by atoms with E-state index in [9.17, 15) is 0 Å². The maximum atomic E-state index is 8.89. The molecule has 0 saturated heterocycles. The first-order valence-corrected chi connectivity index (χ1v) is 4.42. The predicted octanol–water partition coefficient (Wildman–Crippen LogP) is 1.05. The monoisotopic (exact) mass is 191 g/mol. The first-order valence-electron chi connectivity index (χ1n) is 4.42. The van der Waals surface area contributed by atoms with Crippen LogP contribution in [0.15, 0.2) is 12.3 Å². The van der Waals surface area contributed by atoms with Crippen molar-refractivity contribution in [1.82, 2.24) is 4.98 Å². The summed E-state index contributed by atoms with van der Waals surface area (Å²) in [7, 11) is 0. The molecule has 0 aliphatic heterocycles. The summed E-state index contributed by atoms with van der Waals surface area (Å²) in [4.78, 5) is 4.05. The van der Waals surface area contributed by atoms with Crippen LogP contribution in [0.1, 0.15) is 18.1 Å². The molecule has 0 aliphatic rings. The number of nitriles is 1. The zero-order chi connectivity index (χ0) is 10.6. The second-order valence-electron chi connectivity index (χ2n) is 3.19. The van der Waals surface area contributed by atoms with Crippen LogP contribution in [-0.2, 0) is 0 Å². The molecule has 1 aromatic heterocycles. The summed E-state index contributed by atoms with van der Waals surface area (Å²) < 4.78 is 0. The number of pyridine rings is 1. The third kappa shape index (κ3) is 2.21. The van der Waals surface area contributed by atoms with Crippen LogP contribution in [0.2, 0.25) is 0 Å². The number of aliphatic hydroxyl groups excluding tert-OH is 1. The van der Waals surface area contributed by atoms with E-state index >= 15 is 0 Å². The number of rotatable bonds is 3. The topological polar surface area (TPSA) is 68.9 Å². The molecule has 0 spiro atoms. The van der Waals surface area contributed by atoms with Crippen molar-refractivity contribution in [3.63, 3.8) is 0 Å². The molecule has 1 atom stereocenters. The number of nitrogens with zero attached hydrogens (tertiary/aromatic N) is 2. The van der Waals surface area contributed by atoms with Crippen LogP contribution in [-0.4, -0.2) is 22.7 Å². The third-order valence-corrected chi connectivity index (χ3v) is 1.93. The number of anilines is 1. The van der Waals surface area contributed by atoms with Gasteiger partial charge in [0.05, 0.1) is 12.2 Å². The molecule has 1 rings (SSSR count). The van der Waals surface area contributed by atoms with E-state index in [1.807, 2.05) is 13.8 Å². The standard InChI is InChI=1S/C10H13N3O/c1-7-3-4-12-10(9(7)5-11)13-8(2)6-14/h3-4,8,14H,6H2,1-2H3,(H,12,13)/t8-/m0/s1. The van der Waals surface area contributed by atoms with Crippen LogP contribution in [0.3, 0.4) is 0 Å². The van der Waals surface area contributed by atoms with Crippen molar-refractivity contribution < 1.29 is 5.11 Å². The number of aryl methyl sites for hydroxylation is 1. The van der Waals surface area contributed by atoms with Gasteiger partial charge in [0.1, 0.15) is 11.9 Å². The molecule has 0 amide bonds. The van der Waals surface area contributed by atoms with Gasteiger partial charge < -0.3 is 10.4 Å². The quantitative estimate of drug-likeness (QED) is 0.749. The molecule has 4 heteroatoms. The highest BCUT2D eigenvalue weighted by atomic mass is 16.3. The van der Waals surface area contributed by atoms with Gasteiger partial charge in [-0.25, -0.2) is 4.98 Å². The third-order valence-electron chi connectivity index (χ3n) is 1.93. The van der Waals surface area contributed by atoms with Gasteiger partial charge in [0.15, 0.2) is 0 Å². The fourth-order valence-electron chi connectivity index (χ4n) is 1.09. The number of hydrogen-bond donors (Lipinski definition) is 2. The molecule has 14 heavy (non-hydrogen) atoms. The Morgan fingerprint density at radius 3 is 3.00 bits per heavy atom. The summed E-state index contributed by atoms with van der Waals surface area (Å²) in [5.74, 6) is 0.536. The van der Waals surface area contributed by atoms with E-state index in [1.54, 1.807) is 12.3 Å². The van der Waals surface area contributed by atoms with Crippen molar-refractivity contribution in [1.29, 1.82) is 5.26 Å². The second-order valence-corrected chi connectivity index (χ2v) is 3.19. The van der Waals surface area contributed by atoms with Crippen molar-refractivity contribution in [2.45, 2.75) is 19.9 Å². The summed E-state index contributed by atoms with van der Waals surface area (Å²) in [5.41, 5.74) is 1.42. The van der Waals surface area contributed by atoms with E-state index in [0.717, 1.165) is 5.56 Å². The molecule has 0 fully saturated rings. The van der Waals surface area contributed by atoms with Crippen LogP contribution in [0, 0.1) is 18.3 Å². The van der Waals surface area contributed by atoms with Crippen molar-refractivity contribution in [3.8, 4) is 6.07 Å². The molecule has 2 N–H and O–H groups in total. The van der Waals surface area contributed by atoms with E-state index < -0.39 is 0 Å². The minimum atomic E-state index is -0.101. The van der Waals surface area contributed by atoms with E-state index in [0.29, 0.717) is 11.4 Å². The van der Waals surface area contributed by atoms with Crippen LogP contribution in [0.5, 0.6) is 0 Å². The van der Waals surface area contributed by atoms with E-state index in [1.165, 1.54) is 0 Å². The Labute approximate surface area is 83.2 Å². The van der Waals surface area contributed by atoms with Gasteiger partial charge in [0.25, 0.3) is 0 Å². The van der Waals surface area contributed by atoms with Gasteiger partial charge in [-0.3, -0.25) is 0 Å². The smallest absolute Gasteiger partial charge is 0.144 e. The van der Waals surface area contributed by atoms with Gasteiger partial charge in [-0.05, 0) is 25.5 Å². The Hall–Kier alpha value is -1.60. The number of aliphatic hydroxyl groups is 1. The molecular formula is C10H13N3O. The molecule has 1 aromatic rings. The van der Waals surface area contributed by atoms with E-state index in [-0.39, 0.29) is 12.6 Å². The highest BCUT2D eigenvalue weighted by molar-refractivity contribution is 5.55. The lowest BCUT2D eigenvalue weighted by Crippen LogP contribution is -2.20. The number of aromatic nitrogens is 1. The summed E-state index contributed by atoms with van der Waals surface area (Å²) in [6, 6.07) is 3.77. The molecule has 0 saturated carbocycles. The maximum absolute atomic E-state index is 8.89. The molecule has 0 aromatic carbocycles. The highest BCUT2D eigenvalue weighted by Gasteiger charge is 2.08. The van der Waals surface area contributed by atoms with Gasteiger partial charge in [0.2, 0.25) is 0 Å². The van der Waals surface area contributed by atoms with Crippen LogP contribution in [0.25, 0.3) is 0 Å². The molecule has 0 radical (unpaired) electrons. The lowest BCUT2D eigenvalue weighted by molar-refractivity contribution is 0.281. The lowest BCUT2D eigenvalue weighted by atomic mass is 10.1. The first kappa shape index (κ1) is 10.5. The Morgan fingerprint density at radius 1 is 1.71 bits per heavy atom. The highest BCUT2D eigenvalue weighted by Crippen LogP contribution is 2.15. The van der Waals surface area contributed by atoms with Crippen molar-refractivity contribution >= 4 is 5.82 Å². The average molecular weight is 191 g/mol. The minimum absolute atomic E-state index is 0.0144. The van der Waals surface area contributed by atoms with Gasteiger partial charge >= 0.3 is 0 Å². The van der Waals surface area contributed by atoms with Crippen molar-refractivity contribution in [2.24, 2.45) is 0 Å². The molecular weight excluding hydrogens is 178 g/mol. The summed E-state index contributed by atoms with van der Waals surface area (Å²) in [6.07, 6.45) is 1.64. The number of nitrogens with one attached hydrogen (secondary N) is 1. The molecule has 0 unspecified atom stereocenters. The van der Waals surface area contributed by atoms with Crippen molar-refractivity contribution in [3.05, 3.63) is 23.4 Å². The van der Waals surface area contributed by atoms with Crippen LogP contribution < -0.4 is 5.32 Å². The molecule has 1 heterocycles. The largest absolute Gasteiger partial charge is 0.394 e. The maximum Gasteiger partial charge on any atom is 0.144 e. The zero-order valence-electron chi connectivity index (χ0n) is 8.28. The van der Waals surface area contributed by atoms with E-state index in [4.69, 9.17) is 10.4 Å². The summed E-state index contributed by atoms with van der Waals surface area (Å²) in [6.45, 7) is 3.70. The van der Waals surface area contributed by atoms with E-state index in [2.05, 4.69) is 16.4 Å². The first-order chi connectivity index (χ1) is 6.69. The number of hydrogen-bond acceptors (Lipinski definition) is 4. The van der Waals surface area contributed by atoms with Gasteiger partial charge in [-0.1, -0.05) is 0 Å². The summed E-state index contributed by atoms with van der Waals surface area (Å²) in [5, 5.41) is 20.7. The Balaban J connectivity index is 2.98. The van der Waals surface area contributed by atoms with Crippen LogP contribution >= 0.6 is 0 Å². The Kier molecular flexibility index (Phi) is 3.43. The molecule has 0 bridgehead atoms. The molecule has 4 nitrogen and oxygen atoms in total. The second kappa shape index (κ2) is 4.58. The van der Waals surface area contributed by atoms with Crippen LogP contribution in [0.4, 0.5) is 5.82 Å². The SMILES string of the molecule is Cc1ccnc(N[C@@H](C)CO)c1C#N. The van der Waals surface area contributed by atoms with Crippen molar-refractivity contribution in [2.75, 3.05) is 11.9 Å². The van der Waals surface area contributed by atoms with Gasteiger partial charge in [0, 0.05) is 12.2 Å².